The van der Waals surface area contributed by atoms with Crippen LogP contribution in [0.3, 0.4) is 0 Å². The summed E-state index contributed by atoms with van der Waals surface area (Å²) >= 11 is 1.49. The maximum Gasteiger partial charge on any atom is 0.333 e. The number of urea groups is 1. The lowest BCUT2D eigenvalue weighted by molar-refractivity contribution is -0.00192. The van der Waals surface area contributed by atoms with Crippen LogP contribution in [0.2, 0.25) is 0 Å². The second kappa shape index (κ2) is 8.98. The van der Waals surface area contributed by atoms with E-state index < -0.39 is 6.55 Å². The van der Waals surface area contributed by atoms with Gasteiger partial charge in [-0.05, 0) is 38.2 Å². The average Bonchev–Trinajstić information content (AvgIpc) is 3.58. The average molecular weight is 504 g/mol. The largest absolute Gasteiger partial charge is 0.393 e. The summed E-state index contributed by atoms with van der Waals surface area (Å²) < 4.78 is 26.9. The fourth-order valence-corrected chi connectivity index (χ4v) is 6.61. The van der Waals surface area contributed by atoms with Gasteiger partial charge in [0.15, 0.2) is 10.8 Å². The Morgan fingerprint density at radius 1 is 1.26 bits per heavy atom. The van der Waals surface area contributed by atoms with Gasteiger partial charge in [0.25, 0.3) is 0 Å². The molecule has 4 atom stereocenters. The Morgan fingerprint density at radius 2 is 2.06 bits per heavy atom. The molecule has 2 N–H and O–H groups in total. The third-order valence-electron chi connectivity index (χ3n) is 7.41. The van der Waals surface area contributed by atoms with Gasteiger partial charge in [-0.25, -0.2) is 14.5 Å². The van der Waals surface area contributed by atoms with E-state index in [1.807, 2.05) is 15.2 Å². The summed E-state index contributed by atoms with van der Waals surface area (Å²) in [4.78, 5) is 26.5. The molecule has 3 fully saturated rings. The van der Waals surface area contributed by atoms with Crippen molar-refractivity contribution in [1.29, 1.82) is 0 Å². The number of hydrogen-bond acceptors (Lipinski definition) is 7. The number of carbonyl (C=O) groups excluding carboxylic acids is 1. The van der Waals surface area contributed by atoms with Crippen molar-refractivity contribution in [3.8, 4) is 0 Å². The number of halogens is 2. The summed E-state index contributed by atoms with van der Waals surface area (Å²) in [6, 6.07) is 1.47. The van der Waals surface area contributed by atoms with Crippen LogP contribution in [0.4, 0.5) is 13.6 Å². The molecule has 9 nitrogen and oxygen atoms in total. The SMILES string of the molecule is O=C(N[C@H]1CC2=C(c3ccn(C(F)F)n3)CN=C(c3nccs3)N2C1)N1[C@@H]2CCC[C@H]1C[C@H](O)C2. The minimum atomic E-state index is -2.71. The molecule has 186 valence electrons. The minimum Gasteiger partial charge on any atom is -0.393 e. The van der Waals surface area contributed by atoms with Gasteiger partial charge < -0.3 is 20.2 Å². The number of piperidine rings is 2. The van der Waals surface area contributed by atoms with Crippen molar-refractivity contribution in [2.75, 3.05) is 13.1 Å². The summed E-state index contributed by atoms with van der Waals surface area (Å²) in [6.45, 7) is -1.87. The highest BCUT2D eigenvalue weighted by atomic mass is 32.1. The highest BCUT2D eigenvalue weighted by Gasteiger charge is 2.42. The molecule has 4 aliphatic rings. The Morgan fingerprint density at radius 3 is 2.74 bits per heavy atom. The number of aliphatic hydroxyl groups excluding tert-OH is 1. The maximum absolute atomic E-state index is 13.4. The van der Waals surface area contributed by atoms with Gasteiger partial charge in [-0.2, -0.15) is 13.9 Å². The highest BCUT2D eigenvalue weighted by molar-refractivity contribution is 7.11. The van der Waals surface area contributed by atoms with E-state index in [0.717, 1.165) is 41.4 Å². The van der Waals surface area contributed by atoms with Crippen molar-refractivity contribution in [2.24, 2.45) is 4.99 Å². The van der Waals surface area contributed by atoms with Gasteiger partial charge in [0, 0.05) is 54.1 Å². The van der Waals surface area contributed by atoms with Gasteiger partial charge in [-0.1, -0.05) is 0 Å². The molecule has 0 unspecified atom stereocenters. The van der Waals surface area contributed by atoms with E-state index in [9.17, 15) is 18.7 Å². The zero-order chi connectivity index (χ0) is 24.1. The van der Waals surface area contributed by atoms with Crippen molar-refractivity contribution in [3.63, 3.8) is 0 Å². The number of amides is 2. The molecule has 0 spiro atoms. The summed E-state index contributed by atoms with van der Waals surface area (Å²) in [5, 5.41) is 20.1. The topological polar surface area (TPSA) is 98.9 Å². The normalized spacial score (nSPS) is 28.4. The van der Waals surface area contributed by atoms with Gasteiger partial charge >= 0.3 is 12.6 Å². The van der Waals surface area contributed by atoms with Crippen molar-refractivity contribution in [3.05, 3.63) is 40.2 Å². The third-order valence-corrected chi connectivity index (χ3v) is 8.18. The van der Waals surface area contributed by atoms with Gasteiger partial charge in [0.1, 0.15) is 0 Å². The van der Waals surface area contributed by atoms with Crippen molar-refractivity contribution in [2.45, 2.75) is 69.3 Å². The van der Waals surface area contributed by atoms with E-state index in [4.69, 9.17) is 4.99 Å². The molecule has 0 radical (unpaired) electrons. The van der Waals surface area contributed by atoms with Crippen LogP contribution in [0.25, 0.3) is 5.57 Å². The van der Waals surface area contributed by atoms with Crippen LogP contribution >= 0.6 is 11.3 Å². The number of fused-ring (bicyclic) bond motifs is 3. The summed E-state index contributed by atoms with van der Waals surface area (Å²) in [7, 11) is 0. The number of aliphatic imine (C=N–C) groups is 1. The number of amidine groups is 1. The number of aromatic nitrogens is 3. The Balaban J connectivity index is 1.26. The number of rotatable bonds is 4. The smallest absolute Gasteiger partial charge is 0.333 e. The fraction of sp³-hybridized carbons (Fsp3) is 0.565. The second-order valence-electron chi connectivity index (χ2n) is 9.59. The van der Waals surface area contributed by atoms with Gasteiger partial charge in [-0.3, -0.25) is 4.99 Å². The van der Waals surface area contributed by atoms with E-state index in [1.54, 1.807) is 12.3 Å². The number of carbonyl (C=O) groups is 1. The number of nitrogens with one attached hydrogen (secondary N) is 1. The lowest BCUT2D eigenvalue weighted by Crippen LogP contribution is -2.60. The molecule has 35 heavy (non-hydrogen) atoms. The third kappa shape index (κ3) is 4.12. The molecular weight excluding hydrogens is 476 g/mol. The standard InChI is InChI=1S/C23H27F2N7O2S/c24-22(25)31-6-4-18(29-31)17-11-27-20(21-26-5-7-35-21)30-12-13(8-19(17)30)28-23(34)32-14-2-1-3-15(32)10-16(33)9-14/h4-7,13-16,22,33H,1-3,8-12H2,(H,28,34)/t13-,14-,15+,16-/m0/s1. The molecule has 12 heteroatoms. The maximum atomic E-state index is 13.4. The van der Waals surface area contributed by atoms with Gasteiger partial charge in [0.2, 0.25) is 0 Å². The summed E-state index contributed by atoms with van der Waals surface area (Å²) in [5.74, 6) is 0.738. The molecule has 2 bridgehead atoms. The second-order valence-corrected chi connectivity index (χ2v) is 10.5. The summed E-state index contributed by atoms with van der Waals surface area (Å²) in [5.41, 5.74) is 2.20. The first kappa shape index (κ1) is 22.6. The van der Waals surface area contributed by atoms with Crippen LogP contribution in [-0.4, -0.2) is 78.9 Å². The van der Waals surface area contributed by atoms with Gasteiger partial charge in [-0.15, -0.1) is 11.3 Å². The predicted molar refractivity (Wildman–Crippen MR) is 126 cm³/mol. The molecule has 0 aliphatic carbocycles. The number of alkyl halides is 2. The Hall–Kier alpha value is -2.86. The molecule has 2 aromatic heterocycles. The van der Waals surface area contributed by atoms with E-state index in [-0.39, 0.29) is 30.3 Å². The molecule has 6 heterocycles. The number of thiazole rings is 1. The molecule has 2 amide bonds. The molecular formula is C23H27F2N7O2S. The number of aliphatic hydroxyl groups is 1. The van der Waals surface area contributed by atoms with Crippen LogP contribution < -0.4 is 5.32 Å². The fourth-order valence-electron chi connectivity index (χ4n) is 5.95. The number of nitrogens with zero attached hydrogens (tertiary/aromatic N) is 6. The molecule has 0 aromatic carbocycles. The molecule has 4 aliphatic heterocycles. The monoisotopic (exact) mass is 503 g/mol. The quantitative estimate of drug-likeness (QED) is 0.668. The van der Waals surface area contributed by atoms with Crippen LogP contribution in [0.1, 0.15) is 55.8 Å². The molecule has 6 rings (SSSR count). The van der Waals surface area contributed by atoms with E-state index in [1.165, 1.54) is 17.5 Å². The first-order valence-corrected chi connectivity index (χ1v) is 12.9. The lowest BCUT2D eigenvalue weighted by atomic mass is 9.83. The molecule has 0 saturated carbocycles. The van der Waals surface area contributed by atoms with Crippen molar-refractivity contribution >= 4 is 28.8 Å². The van der Waals surface area contributed by atoms with Crippen LogP contribution in [0.15, 0.2) is 34.5 Å². The van der Waals surface area contributed by atoms with Crippen LogP contribution in [0.5, 0.6) is 0 Å². The Bertz CT molecular complexity index is 1150. The first-order valence-electron chi connectivity index (χ1n) is 12.0. The summed E-state index contributed by atoms with van der Waals surface area (Å²) in [6.07, 6.45) is 7.39. The van der Waals surface area contributed by atoms with E-state index in [0.29, 0.717) is 42.7 Å². The Kier molecular flexibility index (Phi) is 5.79. The zero-order valence-electron chi connectivity index (χ0n) is 19.1. The highest BCUT2D eigenvalue weighted by Crippen LogP contribution is 2.37. The Labute approximate surface area is 205 Å². The first-order chi connectivity index (χ1) is 17.0. The van der Waals surface area contributed by atoms with Gasteiger partial charge in [0.05, 0.1) is 24.4 Å². The minimum absolute atomic E-state index is 0.0713. The molecule has 3 saturated heterocycles. The van der Waals surface area contributed by atoms with E-state index in [2.05, 4.69) is 15.4 Å². The van der Waals surface area contributed by atoms with E-state index >= 15 is 0 Å². The number of hydrogen-bond donors (Lipinski definition) is 2. The van der Waals surface area contributed by atoms with Crippen LogP contribution in [0, 0.1) is 0 Å². The van der Waals surface area contributed by atoms with Crippen LogP contribution in [-0.2, 0) is 0 Å². The zero-order valence-corrected chi connectivity index (χ0v) is 19.9. The predicted octanol–water partition coefficient (Wildman–Crippen LogP) is 3.07. The van der Waals surface area contributed by atoms with Crippen molar-refractivity contribution in [1.82, 2.24) is 29.9 Å². The van der Waals surface area contributed by atoms with Crippen molar-refractivity contribution < 1.29 is 18.7 Å². The lowest BCUT2D eigenvalue weighted by Gasteiger charge is -2.47. The molecule has 2 aromatic rings.